The Kier molecular flexibility index (Phi) is 4.41. The lowest BCUT2D eigenvalue weighted by atomic mass is 10.1. The van der Waals surface area contributed by atoms with Crippen molar-refractivity contribution in [2.24, 2.45) is 0 Å². The molecular formula is C14H11IN2O4. The highest BCUT2D eigenvalue weighted by atomic mass is 127. The number of nitrogens with zero attached hydrogens (tertiary/aromatic N) is 1. The first-order chi connectivity index (χ1) is 9.88. The quantitative estimate of drug-likeness (QED) is 0.462. The number of carbonyl (C=O) groups is 1. The van der Waals surface area contributed by atoms with Crippen LogP contribution >= 0.6 is 22.6 Å². The highest BCUT2D eigenvalue weighted by Crippen LogP contribution is 2.29. The van der Waals surface area contributed by atoms with Crippen LogP contribution in [0.5, 0.6) is 0 Å². The number of carboxylic acid groups (broad SMARTS) is 1. The largest absolute Gasteiger partial charge is 0.478 e. The Morgan fingerprint density at radius 2 is 2.00 bits per heavy atom. The molecular weight excluding hydrogens is 387 g/mol. The zero-order valence-electron chi connectivity index (χ0n) is 11.0. The van der Waals surface area contributed by atoms with E-state index in [0.29, 0.717) is 16.9 Å². The molecule has 0 aromatic heterocycles. The first-order valence-corrected chi connectivity index (χ1v) is 7.01. The van der Waals surface area contributed by atoms with Crippen LogP contribution in [0.1, 0.15) is 15.9 Å². The third kappa shape index (κ3) is 3.48. The summed E-state index contributed by atoms with van der Waals surface area (Å²) in [6.07, 6.45) is 0. The smallest absolute Gasteiger partial charge is 0.336 e. The van der Waals surface area contributed by atoms with E-state index in [1.807, 2.05) is 22.6 Å². The zero-order valence-corrected chi connectivity index (χ0v) is 13.1. The van der Waals surface area contributed by atoms with Crippen molar-refractivity contribution in [1.29, 1.82) is 0 Å². The van der Waals surface area contributed by atoms with Crippen molar-refractivity contribution in [3.8, 4) is 0 Å². The number of nitro groups is 1. The predicted molar refractivity (Wildman–Crippen MR) is 87.2 cm³/mol. The van der Waals surface area contributed by atoms with E-state index in [4.69, 9.17) is 5.11 Å². The van der Waals surface area contributed by atoms with E-state index < -0.39 is 10.9 Å². The molecule has 0 heterocycles. The number of aromatic carboxylic acids is 1. The monoisotopic (exact) mass is 398 g/mol. The average Bonchev–Trinajstić information content (AvgIpc) is 2.42. The number of hydrogen-bond donors (Lipinski definition) is 2. The van der Waals surface area contributed by atoms with Gasteiger partial charge >= 0.3 is 5.97 Å². The Balaban J connectivity index is 2.41. The minimum Gasteiger partial charge on any atom is -0.478 e. The normalized spacial score (nSPS) is 10.2. The summed E-state index contributed by atoms with van der Waals surface area (Å²) in [4.78, 5) is 21.7. The SMILES string of the molecule is Cc1ccc(Nc2ccc(I)cc2[N+](=O)[O-])cc1C(=O)O. The minimum absolute atomic E-state index is 0.0562. The number of hydrogen-bond acceptors (Lipinski definition) is 4. The van der Waals surface area contributed by atoms with Gasteiger partial charge in [0.1, 0.15) is 5.69 Å². The first kappa shape index (κ1) is 15.2. The van der Waals surface area contributed by atoms with Crippen molar-refractivity contribution >= 4 is 45.6 Å². The van der Waals surface area contributed by atoms with Gasteiger partial charge in [0.25, 0.3) is 5.69 Å². The molecule has 0 saturated heterocycles. The fourth-order valence-electron chi connectivity index (χ4n) is 1.85. The molecule has 0 aliphatic carbocycles. The predicted octanol–water partition coefficient (Wildman–Crippen LogP) is 3.95. The number of aryl methyl sites for hydroxylation is 1. The molecule has 0 bridgehead atoms. The van der Waals surface area contributed by atoms with Gasteiger partial charge < -0.3 is 10.4 Å². The summed E-state index contributed by atoms with van der Waals surface area (Å²) >= 11 is 1.99. The fourth-order valence-corrected chi connectivity index (χ4v) is 2.32. The summed E-state index contributed by atoms with van der Waals surface area (Å²) in [5.74, 6) is -1.03. The molecule has 2 aromatic rings. The Bertz CT molecular complexity index is 731. The van der Waals surface area contributed by atoms with Gasteiger partial charge in [-0.3, -0.25) is 10.1 Å². The maximum absolute atomic E-state index is 11.1. The van der Waals surface area contributed by atoms with E-state index >= 15 is 0 Å². The zero-order chi connectivity index (χ0) is 15.6. The number of benzene rings is 2. The molecule has 21 heavy (non-hydrogen) atoms. The second kappa shape index (κ2) is 6.08. The van der Waals surface area contributed by atoms with Crippen LogP contribution in [-0.2, 0) is 0 Å². The van der Waals surface area contributed by atoms with Crippen molar-refractivity contribution in [2.45, 2.75) is 6.92 Å². The van der Waals surface area contributed by atoms with E-state index in [9.17, 15) is 14.9 Å². The number of halogens is 1. The summed E-state index contributed by atoms with van der Waals surface area (Å²) in [6.45, 7) is 1.70. The van der Waals surface area contributed by atoms with Gasteiger partial charge in [0, 0.05) is 15.3 Å². The van der Waals surface area contributed by atoms with Crippen molar-refractivity contribution < 1.29 is 14.8 Å². The van der Waals surface area contributed by atoms with Crippen LogP contribution in [0.3, 0.4) is 0 Å². The standard InChI is InChI=1S/C14H11IN2O4/c1-8-2-4-10(7-11(8)14(18)19)16-12-5-3-9(15)6-13(12)17(20)21/h2-7,16H,1H3,(H,18,19). The molecule has 0 radical (unpaired) electrons. The molecule has 0 aliphatic heterocycles. The van der Waals surface area contributed by atoms with Gasteiger partial charge in [-0.25, -0.2) is 4.79 Å². The first-order valence-electron chi connectivity index (χ1n) is 5.93. The summed E-state index contributed by atoms with van der Waals surface area (Å²) in [5, 5.41) is 23.1. The van der Waals surface area contributed by atoms with Gasteiger partial charge in [0.2, 0.25) is 0 Å². The molecule has 2 aromatic carbocycles. The van der Waals surface area contributed by atoms with Crippen molar-refractivity contribution in [1.82, 2.24) is 0 Å². The minimum atomic E-state index is -1.03. The van der Waals surface area contributed by atoms with Crippen molar-refractivity contribution in [3.05, 3.63) is 61.2 Å². The van der Waals surface area contributed by atoms with Gasteiger partial charge in [-0.2, -0.15) is 0 Å². The Hall–Kier alpha value is -2.16. The topological polar surface area (TPSA) is 92.5 Å². The number of rotatable bonds is 4. The van der Waals surface area contributed by atoms with Gasteiger partial charge in [0.05, 0.1) is 10.5 Å². The maximum Gasteiger partial charge on any atom is 0.336 e. The van der Waals surface area contributed by atoms with E-state index in [0.717, 1.165) is 3.57 Å². The molecule has 7 heteroatoms. The van der Waals surface area contributed by atoms with Gasteiger partial charge in [-0.15, -0.1) is 0 Å². The highest BCUT2D eigenvalue weighted by Gasteiger charge is 2.15. The van der Waals surface area contributed by atoms with E-state index in [1.54, 1.807) is 31.2 Å². The van der Waals surface area contributed by atoms with E-state index in [2.05, 4.69) is 5.32 Å². The second-order valence-corrected chi connectivity index (χ2v) is 5.62. The van der Waals surface area contributed by atoms with E-state index in [1.165, 1.54) is 12.1 Å². The highest BCUT2D eigenvalue weighted by molar-refractivity contribution is 14.1. The van der Waals surface area contributed by atoms with Crippen LogP contribution < -0.4 is 5.32 Å². The molecule has 6 nitrogen and oxygen atoms in total. The lowest BCUT2D eigenvalue weighted by Gasteiger charge is -2.09. The lowest BCUT2D eigenvalue weighted by molar-refractivity contribution is -0.384. The molecule has 2 rings (SSSR count). The molecule has 0 spiro atoms. The Morgan fingerprint density at radius 3 is 2.62 bits per heavy atom. The second-order valence-electron chi connectivity index (χ2n) is 4.38. The van der Waals surface area contributed by atoms with Crippen LogP contribution in [0.4, 0.5) is 17.1 Å². The Morgan fingerprint density at radius 1 is 1.29 bits per heavy atom. The summed E-state index contributed by atoms with van der Waals surface area (Å²) in [6, 6.07) is 9.59. The fraction of sp³-hybridized carbons (Fsp3) is 0.0714. The van der Waals surface area contributed by atoms with Crippen molar-refractivity contribution in [2.75, 3.05) is 5.32 Å². The molecule has 0 aliphatic rings. The molecule has 108 valence electrons. The molecule has 0 fully saturated rings. The number of anilines is 2. The summed E-state index contributed by atoms with van der Waals surface area (Å²) < 4.78 is 0.750. The van der Waals surface area contributed by atoms with Crippen molar-refractivity contribution in [3.63, 3.8) is 0 Å². The number of nitro benzene ring substituents is 1. The third-order valence-electron chi connectivity index (χ3n) is 2.90. The van der Waals surface area contributed by atoms with Crippen LogP contribution in [0.15, 0.2) is 36.4 Å². The average molecular weight is 398 g/mol. The van der Waals surface area contributed by atoms with E-state index in [-0.39, 0.29) is 11.3 Å². The van der Waals surface area contributed by atoms with Crippen LogP contribution in [0.25, 0.3) is 0 Å². The van der Waals surface area contributed by atoms with Gasteiger partial charge in [0.15, 0.2) is 0 Å². The molecule has 0 amide bonds. The Labute approximate surface area is 134 Å². The summed E-state index contributed by atoms with van der Waals surface area (Å²) in [5.41, 5.74) is 1.54. The van der Waals surface area contributed by atoms with Gasteiger partial charge in [-0.05, 0) is 59.3 Å². The van der Waals surface area contributed by atoms with Crippen LogP contribution in [-0.4, -0.2) is 16.0 Å². The third-order valence-corrected chi connectivity index (χ3v) is 3.57. The summed E-state index contributed by atoms with van der Waals surface area (Å²) in [7, 11) is 0. The maximum atomic E-state index is 11.1. The number of nitrogens with one attached hydrogen (secondary N) is 1. The lowest BCUT2D eigenvalue weighted by Crippen LogP contribution is -2.02. The molecule has 0 unspecified atom stereocenters. The molecule has 2 N–H and O–H groups in total. The molecule has 0 atom stereocenters. The number of carboxylic acids is 1. The van der Waals surface area contributed by atoms with Gasteiger partial charge in [-0.1, -0.05) is 6.07 Å². The molecule has 0 saturated carbocycles. The van der Waals surface area contributed by atoms with Crippen LogP contribution in [0.2, 0.25) is 0 Å². The van der Waals surface area contributed by atoms with Crippen LogP contribution in [0, 0.1) is 20.6 Å².